The molecule has 6 heteroatoms. The Kier molecular flexibility index (Phi) is 7.61. The van der Waals surface area contributed by atoms with Gasteiger partial charge in [-0.1, -0.05) is 24.8 Å². The number of benzene rings is 1. The van der Waals surface area contributed by atoms with Gasteiger partial charge in [0.2, 0.25) is 0 Å². The quantitative estimate of drug-likeness (QED) is 0.469. The number of rotatable bonds is 8. The summed E-state index contributed by atoms with van der Waals surface area (Å²) in [5, 5.41) is 9.57. The average Bonchev–Trinajstić information content (AvgIpc) is 2.84. The summed E-state index contributed by atoms with van der Waals surface area (Å²) in [6.45, 7) is 13.7. The van der Waals surface area contributed by atoms with Gasteiger partial charge in [0, 0.05) is 53.7 Å². The monoisotopic (exact) mass is 470 g/mol. The Morgan fingerprint density at radius 2 is 1.86 bits per heavy atom. The van der Waals surface area contributed by atoms with E-state index >= 15 is 0 Å². The minimum atomic E-state index is -0.930. The first-order valence-corrected chi connectivity index (χ1v) is 12.2. The van der Waals surface area contributed by atoms with Crippen LogP contribution in [-0.4, -0.2) is 45.6 Å². The first-order chi connectivity index (χ1) is 16.8. The number of aromatic carboxylic acids is 1. The lowest BCUT2D eigenvalue weighted by molar-refractivity contribution is 0.0697. The van der Waals surface area contributed by atoms with Crippen molar-refractivity contribution in [2.75, 3.05) is 24.5 Å². The Balaban J connectivity index is 1.51. The summed E-state index contributed by atoms with van der Waals surface area (Å²) in [6, 6.07) is 15.6. The SMILES string of the molecule is C=C(CN1CCC(c2cccc(C)n2)CC1)N(Cc1ccc(C)nc1)c1cc(C(=O)O)ccc1C. The molecule has 1 aliphatic heterocycles. The number of carboxylic acid groups (broad SMARTS) is 1. The molecule has 1 fully saturated rings. The molecule has 0 saturated carbocycles. The minimum Gasteiger partial charge on any atom is -0.478 e. The normalized spacial score (nSPS) is 14.6. The maximum absolute atomic E-state index is 11.7. The van der Waals surface area contributed by atoms with Gasteiger partial charge in [-0.3, -0.25) is 14.9 Å². The van der Waals surface area contributed by atoms with E-state index in [4.69, 9.17) is 4.98 Å². The lowest BCUT2D eigenvalue weighted by Gasteiger charge is -2.36. The van der Waals surface area contributed by atoms with E-state index in [0.29, 0.717) is 12.5 Å². The molecule has 0 radical (unpaired) electrons. The zero-order chi connectivity index (χ0) is 24.9. The van der Waals surface area contributed by atoms with E-state index in [9.17, 15) is 9.90 Å². The number of carboxylic acids is 1. The average molecular weight is 471 g/mol. The zero-order valence-corrected chi connectivity index (χ0v) is 20.9. The van der Waals surface area contributed by atoms with Gasteiger partial charge in [0.25, 0.3) is 0 Å². The van der Waals surface area contributed by atoms with Crippen LogP contribution in [0.2, 0.25) is 0 Å². The number of aromatic nitrogens is 2. The Hall–Kier alpha value is -3.51. The van der Waals surface area contributed by atoms with Crippen molar-refractivity contribution in [2.24, 2.45) is 0 Å². The highest BCUT2D eigenvalue weighted by atomic mass is 16.4. The fourth-order valence-electron chi connectivity index (χ4n) is 4.70. The molecule has 182 valence electrons. The predicted molar refractivity (Wildman–Crippen MR) is 140 cm³/mol. The number of anilines is 1. The molecule has 3 aromatic rings. The fraction of sp³-hybridized carbons (Fsp3) is 0.345. The maximum atomic E-state index is 11.7. The van der Waals surface area contributed by atoms with Gasteiger partial charge in [0.05, 0.1) is 5.56 Å². The zero-order valence-electron chi connectivity index (χ0n) is 20.9. The van der Waals surface area contributed by atoms with Crippen LogP contribution in [0, 0.1) is 20.8 Å². The molecule has 1 N–H and O–H groups in total. The molecule has 0 amide bonds. The van der Waals surface area contributed by atoms with Gasteiger partial charge < -0.3 is 10.0 Å². The smallest absolute Gasteiger partial charge is 0.335 e. The fourth-order valence-corrected chi connectivity index (χ4v) is 4.70. The van der Waals surface area contributed by atoms with Crippen LogP contribution in [0.1, 0.15) is 57.3 Å². The number of nitrogens with zero attached hydrogens (tertiary/aromatic N) is 4. The molecule has 1 aromatic carbocycles. The summed E-state index contributed by atoms with van der Waals surface area (Å²) in [7, 11) is 0. The van der Waals surface area contributed by atoms with Crippen LogP contribution in [0.3, 0.4) is 0 Å². The lowest BCUT2D eigenvalue weighted by Crippen LogP contribution is -2.38. The number of pyridine rings is 2. The van der Waals surface area contributed by atoms with Crippen molar-refractivity contribution >= 4 is 11.7 Å². The van der Waals surface area contributed by atoms with Crippen LogP contribution in [0.4, 0.5) is 5.69 Å². The molecule has 0 atom stereocenters. The molecular weight excluding hydrogens is 436 g/mol. The van der Waals surface area contributed by atoms with Crippen LogP contribution in [0.15, 0.2) is 67.0 Å². The van der Waals surface area contributed by atoms with Gasteiger partial charge in [-0.2, -0.15) is 0 Å². The van der Waals surface area contributed by atoms with Crippen molar-refractivity contribution in [3.05, 3.63) is 101 Å². The van der Waals surface area contributed by atoms with Gasteiger partial charge >= 0.3 is 5.97 Å². The van der Waals surface area contributed by atoms with E-state index in [2.05, 4.69) is 39.6 Å². The largest absolute Gasteiger partial charge is 0.478 e. The maximum Gasteiger partial charge on any atom is 0.335 e. The van der Waals surface area contributed by atoms with Crippen molar-refractivity contribution in [3.8, 4) is 0 Å². The topological polar surface area (TPSA) is 69.6 Å². The van der Waals surface area contributed by atoms with Crippen LogP contribution in [0.25, 0.3) is 0 Å². The third-order valence-corrected chi connectivity index (χ3v) is 6.76. The van der Waals surface area contributed by atoms with Crippen LogP contribution in [-0.2, 0) is 6.54 Å². The number of hydrogen-bond donors (Lipinski definition) is 1. The molecule has 0 aliphatic carbocycles. The minimum absolute atomic E-state index is 0.275. The predicted octanol–water partition coefficient (Wildman–Crippen LogP) is 5.50. The van der Waals surface area contributed by atoms with Crippen LogP contribution < -0.4 is 4.90 Å². The van der Waals surface area contributed by atoms with E-state index in [1.54, 1.807) is 12.1 Å². The summed E-state index contributed by atoms with van der Waals surface area (Å²) < 4.78 is 0. The standard InChI is InChI=1S/C29H34N4O2/c1-20-8-11-26(29(34)35)16-28(20)33(19-24-10-9-21(2)30-17-24)23(4)18-32-14-12-25(13-15-32)27-7-5-6-22(3)31-27/h5-11,16-17,25H,4,12-15,18-19H2,1-3H3,(H,34,35). The summed E-state index contributed by atoms with van der Waals surface area (Å²) in [4.78, 5) is 25.4. The number of aryl methyl sites for hydroxylation is 3. The molecule has 2 aromatic heterocycles. The Morgan fingerprint density at radius 3 is 2.51 bits per heavy atom. The Morgan fingerprint density at radius 1 is 1.09 bits per heavy atom. The van der Waals surface area contributed by atoms with Crippen LogP contribution >= 0.6 is 0 Å². The number of piperidine rings is 1. The Labute approximate surface area is 208 Å². The summed E-state index contributed by atoms with van der Waals surface area (Å²) in [5.41, 5.74) is 7.39. The lowest BCUT2D eigenvalue weighted by atomic mass is 9.93. The van der Waals surface area contributed by atoms with Crippen molar-refractivity contribution < 1.29 is 9.90 Å². The molecule has 0 unspecified atom stereocenters. The second kappa shape index (κ2) is 10.8. The third kappa shape index (κ3) is 6.14. The van der Waals surface area contributed by atoms with Gasteiger partial charge in [0.1, 0.15) is 0 Å². The van der Waals surface area contributed by atoms with Gasteiger partial charge in [-0.25, -0.2) is 4.79 Å². The van der Waals surface area contributed by atoms with Gasteiger partial charge in [-0.15, -0.1) is 0 Å². The van der Waals surface area contributed by atoms with Gasteiger partial charge in [-0.05, 0) is 88.2 Å². The number of carbonyl (C=O) groups is 1. The first kappa shape index (κ1) is 24.6. The molecule has 35 heavy (non-hydrogen) atoms. The van der Waals surface area contributed by atoms with Crippen LogP contribution in [0.5, 0.6) is 0 Å². The van der Waals surface area contributed by atoms with E-state index in [1.807, 2.05) is 45.2 Å². The third-order valence-electron chi connectivity index (χ3n) is 6.76. The van der Waals surface area contributed by atoms with E-state index in [-0.39, 0.29) is 5.56 Å². The highest BCUT2D eigenvalue weighted by Gasteiger charge is 2.24. The molecule has 6 nitrogen and oxygen atoms in total. The van der Waals surface area contributed by atoms with E-state index in [0.717, 1.165) is 66.4 Å². The summed E-state index contributed by atoms with van der Waals surface area (Å²) in [5.74, 6) is -0.440. The van der Waals surface area contributed by atoms with Gasteiger partial charge in [0.15, 0.2) is 0 Å². The molecule has 0 spiro atoms. The second-order valence-corrected chi connectivity index (χ2v) is 9.52. The molecular formula is C29H34N4O2. The summed E-state index contributed by atoms with van der Waals surface area (Å²) in [6.07, 6.45) is 4.02. The first-order valence-electron chi connectivity index (χ1n) is 12.2. The highest BCUT2D eigenvalue weighted by Crippen LogP contribution is 2.30. The van der Waals surface area contributed by atoms with Crippen molar-refractivity contribution in [1.29, 1.82) is 0 Å². The summed E-state index contributed by atoms with van der Waals surface area (Å²) >= 11 is 0. The van der Waals surface area contributed by atoms with Crippen molar-refractivity contribution in [1.82, 2.24) is 14.9 Å². The highest BCUT2D eigenvalue weighted by molar-refractivity contribution is 5.89. The van der Waals surface area contributed by atoms with Crippen molar-refractivity contribution in [2.45, 2.75) is 46.1 Å². The number of hydrogen-bond acceptors (Lipinski definition) is 5. The number of likely N-dealkylation sites (tertiary alicyclic amines) is 1. The molecule has 3 heterocycles. The molecule has 1 aliphatic rings. The second-order valence-electron chi connectivity index (χ2n) is 9.52. The van der Waals surface area contributed by atoms with Crippen molar-refractivity contribution in [3.63, 3.8) is 0 Å². The Bertz CT molecular complexity index is 1200. The molecule has 0 bridgehead atoms. The van der Waals surface area contributed by atoms with E-state index < -0.39 is 5.97 Å². The molecule has 4 rings (SSSR count). The molecule has 1 saturated heterocycles. The van der Waals surface area contributed by atoms with E-state index in [1.165, 1.54) is 5.69 Å².